The van der Waals surface area contributed by atoms with E-state index in [2.05, 4.69) is 0 Å². The van der Waals surface area contributed by atoms with E-state index >= 15 is 4.39 Å². The molecule has 0 spiro atoms. The molecule has 2 aromatic rings. The van der Waals surface area contributed by atoms with Crippen LogP contribution in [0.25, 0.3) is 11.3 Å². The lowest BCUT2D eigenvalue weighted by Gasteiger charge is -2.40. The maximum Gasteiger partial charge on any atom is 0.514 e. The van der Waals surface area contributed by atoms with Crippen LogP contribution in [0.5, 0.6) is 11.5 Å². The Bertz CT molecular complexity index is 1560. The molecule has 0 saturated carbocycles. The Labute approximate surface area is 279 Å². The predicted octanol–water partition coefficient (Wildman–Crippen LogP) is 5.92. The highest BCUT2D eigenvalue weighted by Crippen LogP contribution is 2.47. The lowest BCUT2D eigenvalue weighted by molar-refractivity contribution is 0.000935. The molecule has 2 fully saturated rings. The van der Waals surface area contributed by atoms with Crippen molar-refractivity contribution in [3.05, 3.63) is 34.6 Å². The summed E-state index contributed by atoms with van der Waals surface area (Å²) in [6.45, 7) is 13.5. The van der Waals surface area contributed by atoms with Crippen molar-refractivity contribution >= 4 is 35.6 Å². The smallest absolute Gasteiger partial charge is 0.489 e. The number of piperazine rings is 1. The second-order valence-electron chi connectivity index (χ2n) is 13.9. The summed E-state index contributed by atoms with van der Waals surface area (Å²) >= 11 is 6.98. The largest absolute Gasteiger partial charge is 0.514 e. The first-order valence-corrected chi connectivity index (χ1v) is 16.0. The van der Waals surface area contributed by atoms with E-state index < -0.39 is 35.3 Å². The Balaban J connectivity index is 1.61. The number of carbonyl (C=O) groups is 3. The van der Waals surface area contributed by atoms with Crippen molar-refractivity contribution in [2.75, 3.05) is 44.8 Å². The Kier molecular flexibility index (Phi) is 9.53. The van der Waals surface area contributed by atoms with Crippen LogP contribution in [0.2, 0.25) is 5.02 Å². The molecular formula is C33H42ClFN4O8. The molecule has 3 aliphatic rings. The SMILES string of the molecule is CO[C@@H]1CCN(c2nc(-c3c(F)cccc3OC(=O)OC(C)(C)C)c(Cl)c3c2C(=O)N2CCN(C(=O)OC(C)(C)C)C[C@@H]2CO3)[C@H]1C. The summed E-state index contributed by atoms with van der Waals surface area (Å²) in [5.74, 6) is -1.06. The minimum atomic E-state index is -1.04. The number of hydrogen-bond acceptors (Lipinski definition) is 10. The molecule has 3 aliphatic heterocycles. The maximum atomic E-state index is 15.7. The zero-order valence-corrected chi connectivity index (χ0v) is 28.8. The van der Waals surface area contributed by atoms with Gasteiger partial charge in [0.1, 0.15) is 51.5 Å². The molecular weight excluding hydrogens is 635 g/mol. The van der Waals surface area contributed by atoms with Gasteiger partial charge in [0.05, 0.1) is 23.8 Å². The van der Waals surface area contributed by atoms with Crippen molar-refractivity contribution in [1.29, 1.82) is 0 Å². The van der Waals surface area contributed by atoms with E-state index in [1.807, 2.05) is 11.8 Å². The first-order valence-electron chi connectivity index (χ1n) is 15.6. The van der Waals surface area contributed by atoms with Crippen LogP contribution in [0, 0.1) is 5.82 Å². The molecule has 0 aliphatic carbocycles. The van der Waals surface area contributed by atoms with Crippen LogP contribution in [0.3, 0.4) is 0 Å². The molecule has 0 unspecified atom stereocenters. The molecule has 0 bridgehead atoms. The number of ether oxygens (including phenoxy) is 5. The third-order valence-electron chi connectivity index (χ3n) is 8.16. The van der Waals surface area contributed by atoms with Gasteiger partial charge in [0.2, 0.25) is 0 Å². The van der Waals surface area contributed by atoms with Crippen LogP contribution in [-0.2, 0) is 14.2 Å². The van der Waals surface area contributed by atoms with Crippen molar-refractivity contribution in [2.45, 2.75) is 84.3 Å². The van der Waals surface area contributed by atoms with Crippen LogP contribution < -0.4 is 14.4 Å². The molecule has 1 aromatic heterocycles. The summed E-state index contributed by atoms with van der Waals surface area (Å²) in [7, 11) is 1.62. The first-order chi connectivity index (χ1) is 22.0. The molecule has 2 saturated heterocycles. The van der Waals surface area contributed by atoms with Crippen molar-refractivity contribution in [2.24, 2.45) is 0 Å². The topological polar surface area (TPSA) is 120 Å². The van der Waals surface area contributed by atoms with Crippen LogP contribution in [-0.4, -0.2) is 102 Å². The van der Waals surface area contributed by atoms with Gasteiger partial charge in [-0.05, 0) is 67.0 Å². The van der Waals surface area contributed by atoms with Gasteiger partial charge in [0.25, 0.3) is 5.91 Å². The van der Waals surface area contributed by atoms with Crippen LogP contribution >= 0.6 is 11.6 Å². The third-order valence-corrected chi connectivity index (χ3v) is 8.51. The Morgan fingerprint density at radius 3 is 2.36 bits per heavy atom. The maximum absolute atomic E-state index is 15.7. The number of fused-ring (bicyclic) bond motifs is 2. The van der Waals surface area contributed by atoms with E-state index in [1.54, 1.807) is 58.5 Å². The molecule has 0 radical (unpaired) electrons. The lowest BCUT2D eigenvalue weighted by Crippen LogP contribution is -2.58. The number of anilines is 1. The number of carbonyl (C=O) groups excluding carboxylic acids is 3. The first kappa shape index (κ1) is 34.5. The molecule has 4 heterocycles. The quantitative estimate of drug-likeness (QED) is 0.285. The minimum absolute atomic E-state index is 0.00453. The van der Waals surface area contributed by atoms with Gasteiger partial charge in [-0.3, -0.25) is 4.79 Å². The Hall–Kier alpha value is -3.84. The van der Waals surface area contributed by atoms with Crippen molar-refractivity contribution < 1.29 is 42.5 Å². The summed E-state index contributed by atoms with van der Waals surface area (Å²) in [6, 6.07) is 3.25. The standard InChI is InChI=1S/C33H42ClFN4O8/c1-18-21(43-8)12-13-38(18)28-24-27(44-17-19-16-37(14-15-39(19)29(24)40)30(41)46-32(2,3)4)25(34)26(36-28)23-20(35)10-9-11-22(23)45-31(42)47-33(5,6)7/h9-11,18-19,21H,12-17H2,1-8H3/t18-,19+,21+/m0/s1. The van der Waals surface area contributed by atoms with E-state index in [0.29, 0.717) is 13.0 Å². The minimum Gasteiger partial charge on any atom is -0.489 e. The third kappa shape index (κ3) is 7.20. The van der Waals surface area contributed by atoms with Crippen LogP contribution in [0.4, 0.5) is 19.8 Å². The van der Waals surface area contributed by atoms with Gasteiger partial charge in [-0.25, -0.2) is 19.0 Å². The molecule has 256 valence electrons. The summed E-state index contributed by atoms with van der Waals surface area (Å²) < 4.78 is 44.1. The van der Waals surface area contributed by atoms with Crippen LogP contribution in [0.1, 0.15) is 65.2 Å². The van der Waals surface area contributed by atoms with Gasteiger partial charge in [0.15, 0.2) is 5.75 Å². The number of halogens is 2. The number of methoxy groups -OCH3 is 1. The monoisotopic (exact) mass is 676 g/mol. The predicted molar refractivity (Wildman–Crippen MR) is 172 cm³/mol. The van der Waals surface area contributed by atoms with Crippen molar-refractivity contribution in [3.63, 3.8) is 0 Å². The fraction of sp³-hybridized carbons (Fsp3) is 0.576. The molecule has 0 N–H and O–H groups in total. The van der Waals surface area contributed by atoms with E-state index in [9.17, 15) is 14.4 Å². The van der Waals surface area contributed by atoms with Gasteiger partial charge < -0.3 is 38.4 Å². The second kappa shape index (κ2) is 13.0. The summed E-state index contributed by atoms with van der Waals surface area (Å²) in [5.41, 5.74) is -1.69. The highest BCUT2D eigenvalue weighted by molar-refractivity contribution is 6.35. The van der Waals surface area contributed by atoms with Gasteiger partial charge >= 0.3 is 12.2 Å². The van der Waals surface area contributed by atoms with E-state index in [0.717, 1.165) is 0 Å². The molecule has 1 aromatic carbocycles. The van der Waals surface area contributed by atoms with Crippen molar-refractivity contribution in [1.82, 2.24) is 14.8 Å². The molecule has 47 heavy (non-hydrogen) atoms. The van der Waals surface area contributed by atoms with Gasteiger partial charge in [-0.2, -0.15) is 0 Å². The average molecular weight is 677 g/mol. The number of aromatic nitrogens is 1. The molecule has 14 heteroatoms. The van der Waals surface area contributed by atoms with Gasteiger partial charge in [0, 0.05) is 33.3 Å². The summed E-state index contributed by atoms with van der Waals surface area (Å²) in [6.07, 6.45) is -1.02. The summed E-state index contributed by atoms with van der Waals surface area (Å²) in [5, 5.41) is -0.129. The fourth-order valence-corrected chi connectivity index (χ4v) is 6.30. The zero-order chi connectivity index (χ0) is 34.4. The molecule has 12 nitrogen and oxygen atoms in total. The zero-order valence-electron chi connectivity index (χ0n) is 28.0. The number of nitrogens with zero attached hydrogens (tertiary/aromatic N) is 4. The number of hydrogen-bond donors (Lipinski definition) is 0. The molecule has 3 atom stereocenters. The van der Waals surface area contributed by atoms with E-state index in [-0.39, 0.29) is 83.5 Å². The number of amides is 2. The lowest BCUT2D eigenvalue weighted by atomic mass is 10.0. The summed E-state index contributed by atoms with van der Waals surface area (Å²) in [4.78, 5) is 49.9. The van der Waals surface area contributed by atoms with E-state index in [1.165, 1.54) is 18.2 Å². The number of rotatable bonds is 4. The number of pyridine rings is 1. The van der Waals surface area contributed by atoms with Gasteiger partial charge in [-0.15, -0.1) is 0 Å². The highest BCUT2D eigenvalue weighted by atomic mass is 35.5. The normalized spacial score (nSPS) is 21.4. The fourth-order valence-electron chi connectivity index (χ4n) is 6.02. The Morgan fingerprint density at radius 1 is 1.02 bits per heavy atom. The second-order valence-corrected chi connectivity index (χ2v) is 14.2. The average Bonchev–Trinajstić information content (AvgIpc) is 3.26. The van der Waals surface area contributed by atoms with E-state index in [4.69, 9.17) is 40.3 Å². The highest BCUT2D eigenvalue weighted by Gasteiger charge is 2.44. The van der Waals surface area contributed by atoms with Crippen LogP contribution in [0.15, 0.2) is 18.2 Å². The number of benzene rings is 1. The van der Waals surface area contributed by atoms with Gasteiger partial charge in [-0.1, -0.05) is 17.7 Å². The molecule has 2 amide bonds. The molecule has 5 rings (SSSR count). The Morgan fingerprint density at radius 2 is 1.72 bits per heavy atom. The van der Waals surface area contributed by atoms with Crippen molar-refractivity contribution in [3.8, 4) is 22.8 Å².